The van der Waals surface area contributed by atoms with Crippen molar-refractivity contribution in [2.45, 2.75) is 19.4 Å². The second-order valence-corrected chi connectivity index (χ2v) is 5.80. The third kappa shape index (κ3) is 3.77. The van der Waals surface area contributed by atoms with Crippen molar-refractivity contribution in [2.24, 2.45) is 4.99 Å². The monoisotopic (exact) mass is 315 g/mol. The van der Waals surface area contributed by atoms with Gasteiger partial charge < -0.3 is 10.1 Å². The molecule has 1 aliphatic rings. The molecule has 0 bridgehead atoms. The average Bonchev–Trinajstić information content (AvgIpc) is 3.00. The standard InChI is InChI=1S/C17H18ClN3O/c1-12-7-13(11-19-10-12)8-16(21-17-20-5-6-22-17)14-3-2-4-15(18)9-14/h2-4,7,9-11,16H,5-6,8H2,1H3,(H,20,21). The lowest BCUT2D eigenvalue weighted by atomic mass is 9.99. The molecule has 5 heteroatoms. The number of hydrogen-bond acceptors (Lipinski definition) is 4. The Hall–Kier alpha value is -2.07. The molecule has 0 aliphatic carbocycles. The van der Waals surface area contributed by atoms with E-state index in [4.69, 9.17) is 16.3 Å². The van der Waals surface area contributed by atoms with E-state index in [1.165, 1.54) is 0 Å². The van der Waals surface area contributed by atoms with Crippen LogP contribution in [0.1, 0.15) is 22.7 Å². The van der Waals surface area contributed by atoms with Crippen molar-refractivity contribution in [1.82, 2.24) is 10.3 Å². The fourth-order valence-corrected chi connectivity index (χ4v) is 2.71. The van der Waals surface area contributed by atoms with Gasteiger partial charge in [-0.25, -0.2) is 4.99 Å². The van der Waals surface area contributed by atoms with Gasteiger partial charge in [0.15, 0.2) is 0 Å². The quantitative estimate of drug-likeness (QED) is 0.941. The smallest absolute Gasteiger partial charge is 0.285 e. The Labute approximate surface area is 135 Å². The highest BCUT2D eigenvalue weighted by Gasteiger charge is 2.17. The molecule has 2 heterocycles. The van der Waals surface area contributed by atoms with Gasteiger partial charge in [0.2, 0.25) is 0 Å². The molecule has 1 aliphatic heterocycles. The molecule has 1 N–H and O–H groups in total. The number of halogens is 1. The molecule has 114 valence electrons. The van der Waals surface area contributed by atoms with E-state index < -0.39 is 0 Å². The Morgan fingerprint density at radius 2 is 2.23 bits per heavy atom. The zero-order valence-corrected chi connectivity index (χ0v) is 13.2. The number of amidine groups is 1. The Balaban J connectivity index is 1.85. The maximum absolute atomic E-state index is 6.13. The molecule has 0 radical (unpaired) electrons. The summed E-state index contributed by atoms with van der Waals surface area (Å²) in [6.45, 7) is 3.38. The third-order valence-electron chi connectivity index (χ3n) is 3.51. The van der Waals surface area contributed by atoms with Gasteiger partial charge in [-0.2, -0.15) is 0 Å². The normalized spacial score (nSPS) is 15.1. The highest BCUT2D eigenvalue weighted by atomic mass is 35.5. The second kappa shape index (κ2) is 6.79. The minimum atomic E-state index is 0.0409. The number of benzene rings is 1. The molecule has 0 fully saturated rings. The maximum atomic E-state index is 6.13. The van der Waals surface area contributed by atoms with Crippen LogP contribution in [-0.2, 0) is 11.2 Å². The van der Waals surface area contributed by atoms with Gasteiger partial charge in [-0.05, 0) is 42.2 Å². The topological polar surface area (TPSA) is 46.5 Å². The summed E-state index contributed by atoms with van der Waals surface area (Å²) in [6.07, 6.45) is 4.54. The van der Waals surface area contributed by atoms with Crippen molar-refractivity contribution in [2.75, 3.05) is 13.2 Å². The minimum Gasteiger partial charge on any atom is -0.463 e. The van der Waals surface area contributed by atoms with Crippen LogP contribution in [-0.4, -0.2) is 24.2 Å². The number of nitrogens with one attached hydrogen (secondary N) is 1. The molecule has 1 atom stereocenters. The highest BCUT2D eigenvalue weighted by molar-refractivity contribution is 6.30. The van der Waals surface area contributed by atoms with Crippen molar-refractivity contribution in [1.29, 1.82) is 0 Å². The number of aryl methyl sites for hydroxylation is 1. The fourth-order valence-electron chi connectivity index (χ4n) is 2.51. The van der Waals surface area contributed by atoms with E-state index in [1.807, 2.05) is 37.5 Å². The first-order valence-corrected chi connectivity index (χ1v) is 7.68. The maximum Gasteiger partial charge on any atom is 0.285 e. The number of pyridine rings is 1. The van der Waals surface area contributed by atoms with Crippen LogP contribution >= 0.6 is 11.6 Å². The third-order valence-corrected chi connectivity index (χ3v) is 3.74. The van der Waals surface area contributed by atoms with E-state index in [0.717, 1.165) is 28.1 Å². The van der Waals surface area contributed by atoms with E-state index >= 15 is 0 Å². The van der Waals surface area contributed by atoms with Gasteiger partial charge in [0.05, 0.1) is 12.6 Å². The van der Waals surface area contributed by atoms with Crippen LogP contribution in [0.3, 0.4) is 0 Å². The van der Waals surface area contributed by atoms with E-state index in [1.54, 1.807) is 0 Å². The summed E-state index contributed by atoms with van der Waals surface area (Å²) in [5.74, 6) is 0. The van der Waals surface area contributed by atoms with Crippen molar-refractivity contribution in [3.63, 3.8) is 0 Å². The van der Waals surface area contributed by atoms with Crippen LogP contribution in [0, 0.1) is 6.92 Å². The lowest BCUT2D eigenvalue weighted by Gasteiger charge is -2.20. The van der Waals surface area contributed by atoms with E-state index in [2.05, 4.69) is 27.4 Å². The minimum absolute atomic E-state index is 0.0409. The lowest BCUT2D eigenvalue weighted by molar-refractivity contribution is 0.325. The Morgan fingerprint density at radius 1 is 1.32 bits per heavy atom. The van der Waals surface area contributed by atoms with Crippen molar-refractivity contribution in [3.8, 4) is 0 Å². The van der Waals surface area contributed by atoms with Crippen LogP contribution in [0.25, 0.3) is 0 Å². The van der Waals surface area contributed by atoms with Gasteiger partial charge in [-0.15, -0.1) is 0 Å². The molecule has 0 saturated heterocycles. The molecule has 2 aromatic rings. The summed E-state index contributed by atoms with van der Waals surface area (Å²) in [5, 5.41) is 4.09. The van der Waals surface area contributed by atoms with Crippen molar-refractivity contribution >= 4 is 17.6 Å². The first-order chi connectivity index (χ1) is 10.7. The Kier molecular flexibility index (Phi) is 4.59. The largest absolute Gasteiger partial charge is 0.463 e. The number of hydrogen-bond donors (Lipinski definition) is 1. The van der Waals surface area contributed by atoms with Gasteiger partial charge in [0.25, 0.3) is 6.02 Å². The number of nitrogens with zero attached hydrogens (tertiary/aromatic N) is 2. The molecule has 3 rings (SSSR count). The Bertz CT molecular complexity index is 687. The molecule has 0 amide bonds. The lowest BCUT2D eigenvalue weighted by Crippen LogP contribution is -2.30. The van der Waals surface area contributed by atoms with Gasteiger partial charge in [0.1, 0.15) is 6.61 Å². The molecule has 1 aromatic heterocycles. The van der Waals surface area contributed by atoms with Gasteiger partial charge in [0, 0.05) is 17.4 Å². The summed E-state index contributed by atoms with van der Waals surface area (Å²) in [5.41, 5.74) is 3.42. The molecule has 4 nitrogen and oxygen atoms in total. The summed E-state index contributed by atoms with van der Waals surface area (Å²) >= 11 is 6.13. The molecule has 1 aromatic carbocycles. The van der Waals surface area contributed by atoms with Gasteiger partial charge in [-0.3, -0.25) is 4.98 Å². The van der Waals surface area contributed by atoms with Crippen molar-refractivity contribution in [3.05, 3.63) is 64.4 Å². The number of aromatic nitrogens is 1. The van der Waals surface area contributed by atoms with E-state index in [9.17, 15) is 0 Å². The molecule has 22 heavy (non-hydrogen) atoms. The number of ether oxygens (including phenoxy) is 1. The van der Waals surface area contributed by atoms with Gasteiger partial charge in [-0.1, -0.05) is 29.8 Å². The molecular formula is C17H18ClN3O. The molecule has 1 unspecified atom stereocenters. The van der Waals surface area contributed by atoms with Gasteiger partial charge >= 0.3 is 0 Å². The van der Waals surface area contributed by atoms with E-state index in [-0.39, 0.29) is 6.04 Å². The summed E-state index contributed by atoms with van der Waals surface area (Å²) in [6, 6.07) is 10.6. The summed E-state index contributed by atoms with van der Waals surface area (Å²) < 4.78 is 5.49. The molecular weight excluding hydrogens is 298 g/mol. The summed E-state index contributed by atoms with van der Waals surface area (Å²) in [4.78, 5) is 8.58. The first kappa shape index (κ1) is 14.9. The van der Waals surface area contributed by atoms with E-state index in [0.29, 0.717) is 19.2 Å². The first-order valence-electron chi connectivity index (χ1n) is 7.30. The summed E-state index contributed by atoms with van der Waals surface area (Å²) in [7, 11) is 0. The van der Waals surface area contributed by atoms with Crippen LogP contribution in [0.5, 0.6) is 0 Å². The molecule has 0 spiro atoms. The number of rotatable bonds is 4. The van der Waals surface area contributed by atoms with Crippen LogP contribution in [0.2, 0.25) is 5.02 Å². The van der Waals surface area contributed by atoms with Crippen LogP contribution in [0.4, 0.5) is 0 Å². The predicted octanol–water partition coefficient (Wildman–Crippen LogP) is 3.30. The average molecular weight is 316 g/mol. The fraction of sp³-hybridized carbons (Fsp3) is 0.294. The zero-order valence-electron chi connectivity index (χ0n) is 12.4. The van der Waals surface area contributed by atoms with Crippen molar-refractivity contribution < 1.29 is 4.74 Å². The second-order valence-electron chi connectivity index (χ2n) is 5.36. The zero-order chi connectivity index (χ0) is 15.4. The van der Waals surface area contributed by atoms with Crippen LogP contribution in [0.15, 0.2) is 47.7 Å². The number of aliphatic imine (C=N–C) groups is 1. The molecule has 0 saturated carbocycles. The Morgan fingerprint density at radius 3 is 2.95 bits per heavy atom. The SMILES string of the molecule is Cc1cncc(CC(NC2=NCCO2)c2cccc(Cl)c2)c1. The van der Waals surface area contributed by atoms with Crippen LogP contribution < -0.4 is 5.32 Å². The highest BCUT2D eigenvalue weighted by Crippen LogP contribution is 2.22. The predicted molar refractivity (Wildman–Crippen MR) is 88.3 cm³/mol.